The second-order valence-electron chi connectivity index (χ2n) is 7.54. The van der Waals surface area contributed by atoms with Crippen LogP contribution in [0.25, 0.3) is 0 Å². The van der Waals surface area contributed by atoms with Crippen LogP contribution >= 0.6 is 0 Å². The van der Waals surface area contributed by atoms with Gasteiger partial charge in [-0.1, -0.05) is 45.2 Å². The molecule has 5 heteroatoms. The molecule has 1 atom stereocenters. The van der Waals surface area contributed by atoms with Gasteiger partial charge in [0.25, 0.3) is 0 Å². The number of hydrogen-bond donors (Lipinski definition) is 2. The largest absolute Gasteiger partial charge is 0.343 e. The van der Waals surface area contributed by atoms with Crippen LogP contribution in [0.3, 0.4) is 0 Å². The lowest BCUT2D eigenvalue weighted by atomic mass is 9.99. The molecule has 150 valence electrons. The van der Waals surface area contributed by atoms with Crippen LogP contribution in [0.1, 0.15) is 64.4 Å². The Morgan fingerprint density at radius 2 is 1.81 bits per heavy atom. The number of anilines is 1. The summed E-state index contributed by atoms with van der Waals surface area (Å²) in [7, 11) is 0. The van der Waals surface area contributed by atoms with Gasteiger partial charge in [0, 0.05) is 31.7 Å². The molecule has 0 aliphatic carbocycles. The Morgan fingerprint density at radius 1 is 1.11 bits per heavy atom. The number of likely N-dealkylation sites (tertiary alicyclic amines) is 1. The Morgan fingerprint density at radius 3 is 2.44 bits per heavy atom. The molecule has 3 amide bonds. The lowest BCUT2D eigenvalue weighted by Crippen LogP contribution is -2.33. The van der Waals surface area contributed by atoms with E-state index in [-0.39, 0.29) is 11.9 Å². The summed E-state index contributed by atoms with van der Waals surface area (Å²) in [6.45, 7) is 6.91. The van der Waals surface area contributed by atoms with Crippen molar-refractivity contribution in [2.45, 2.75) is 65.2 Å². The predicted octanol–water partition coefficient (Wildman–Crippen LogP) is 4.58. The molecule has 1 saturated heterocycles. The summed E-state index contributed by atoms with van der Waals surface area (Å²) in [5, 5.41) is 5.87. The molecule has 0 spiro atoms. The van der Waals surface area contributed by atoms with E-state index in [4.69, 9.17) is 0 Å². The summed E-state index contributed by atoms with van der Waals surface area (Å²) in [5.74, 6) is 0.800. The van der Waals surface area contributed by atoms with Gasteiger partial charge in [0.15, 0.2) is 0 Å². The Kier molecular flexibility index (Phi) is 9.16. The number of nitrogens with one attached hydrogen (secondary N) is 2. The van der Waals surface area contributed by atoms with Crippen LogP contribution in [-0.2, 0) is 11.2 Å². The first-order chi connectivity index (χ1) is 13.1. The molecule has 0 saturated carbocycles. The van der Waals surface area contributed by atoms with E-state index in [1.54, 1.807) is 0 Å². The second-order valence-corrected chi connectivity index (χ2v) is 7.54. The molecule has 1 unspecified atom stereocenters. The average Bonchev–Trinajstić information content (AvgIpc) is 3.22. The van der Waals surface area contributed by atoms with Crippen molar-refractivity contribution in [3.05, 3.63) is 29.8 Å². The first kappa shape index (κ1) is 21.3. The molecule has 2 N–H and O–H groups in total. The number of rotatable bonds is 10. The van der Waals surface area contributed by atoms with Gasteiger partial charge < -0.3 is 15.5 Å². The smallest absolute Gasteiger partial charge is 0.319 e. The van der Waals surface area contributed by atoms with Crippen molar-refractivity contribution in [1.82, 2.24) is 10.2 Å². The molecule has 0 bridgehead atoms. The number of benzene rings is 1. The van der Waals surface area contributed by atoms with E-state index in [0.29, 0.717) is 12.3 Å². The van der Waals surface area contributed by atoms with Gasteiger partial charge in [-0.05, 0) is 49.3 Å². The number of amides is 3. The standard InChI is InChI=1S/C22H35N3O2/c1-3-5-8-18(4-2)17-23-22(27)24-20-12-9-19(10-13-20)11-14-21(26)25-15-6-7-16-25/h9-10,12-13,18H,3-8,11,14-17H2,1-2H3,(H2,23,24,27). The molecular formula is C22H35N3O2. The highest BCUT2D eigenvalue weighted by Crippen LogP contribution is 2.14. The maximum absolute atomic E-state index is 12.1. The topological polar surface area (TPSA) is 61.4 Å². The van der Waals surface area contributed by atoms with Crippen LogP contribution < -0.4 is 10.6 Å². The summed E-state index contributed by atoms with van der Waals surface area (Å²) in [4.78, 5) is 26.2. The predicted molar refractivity (Wildman–Crippen MR) is 111 cm³/mol. The van der Waals surface area contributed by atoms with Crippen molar-refractivity contribution in [1.29, 1.82) is 0 Å². The van der Waals surface area contributed by atoms with E-state index in [9.17, 15) is 9.59 Å². The third-order valence-corrected chi connectivity index (χ3v) is 5.39. The number of carbonyl (C=O) groups excluding carboxylic acids is 2. The summed E-state index contributed by atoms with van der Waals surface area (Å²) >= 11 is 0. The Bertz CT molecular complexity index is 580. The zero-order valence-electron chi connectivity index (χ0n) is 16.9. The van der Waals surface area contributed by atoms with Crippen molar-refractivity contribution in [3.63, 3.8) is 0 Å². The summed E-state index contributed by atoms with van der Waals surface area (Å²) in [6, 6.07) is 7.64. The lowest BCUT2D eigenvalue weighted by Gasteiger charge is -2.16. The number of nitrogens with zero attached hydrogens (tertiary/aromatic N) is 1. The quantitative estimate of drug-likeness (QED) is 0.630. The number of aryl methyl sites for hydroxylation is 1. The van der Waals surface area contributed by atoms with Gasteiger partial charge >= 0.3 is 6.03 Å². The molecule has 1 heterocycles. The maximum Gasteiger partial charge on any atom is 0.319 e. The van der Waals surface area contributed by atoms with Crippen LogP contribution in [0.15, 0.2) is 24.3 Å². The molecule has 1 aliphatic heterocycles. The van der Waals surface area contributed by atoms with Gasteiger partial charge in [0.05, 0.1) is 0 Å². The van der Waals surface area contributed by atoms with Gasteiger partial charge in [0.2, 0.25) is 5.91 Å². The highest BCUT2D eigenvalue weighted by Gasteiger charge is 2.17. The van der Waals surface area contributed by atoms with Gasteiger partial charge in [-0.15, -0.1) is 0 Å². The highest BCUT2D eigenvalue weighted by atomic mass is 16.2. The molecule has 27 heavy (non-hydrogen) atoms. The number of urea groups is 1. The van der Waals surface area contributed by atoms with E-state index in [1.165, 1.54) is 12.8 Å². The number of unbranched alkanes of at least 4 members (excludes halogenated alkanes) is 1. The van der Waals surface area contributed by atoms with Crippen LogP contribution in [0.5, 0.6) is 0 Å². The molecule has 1 fully saturated rings. The van der Waals surface area contributed by atoms with Crippen molar-refractivity contribution < 1.29 is 9.59 Å². The fourth-order valence-electron chi connectivity index (χ4n) is 3.49. The minimum atomic E-state index is -0.151. The van der Waals surface area contributed by atoms with Crippen LogP contribution in [-0.4, -0.2) is 36.5 Å². The molecular weight excluding hydrogens is 338 g/mol. The van der Waals surface area contributed by atoms with Crippen LogP contribution in [0.2, 0.25) is 0 Å². The maximum atomic E-state index is 12.1. The van der Waals surface area contributed by atoms with E-state index in [1.807, 2.05) is 29.2 Å². The third-order valence-electron chi connectivity index (χ3n) is 5.39. The van der Waals surface area contributed by atoms with E-state index < -0.39 is 0 Å². The van der Waals surface area contributed by atoms with Gasteiger partial charge in [-0.3, -0.25) is 4.79 Å². The minimum Gasteiger partial charge on any atom is -0.343 e. The first-order valence-corrected chi connectivity index (χ1v) is 10.5. The monoisotopic (exact) mass is 373 g/mol. The zero-order chi connectivity index (χ0) is 19.5. The molecule has 5 nitrogen and oxygen atoms in total. The summed E-state index contributed by atoms with van der Waals surface area (Å²) in [6.07, 6.45) is 8.23. The lowest BCUT2D eigenvalue weighted by molar-refractivity contribution is -0.130. The molecule has 1 aliphatic rings. The van der Waals surface area contributed by atoms with Crippen molar-refractivity contribution in [2.24, 2.45) is 5.92 Å². The van der Waals surface area contributed by atoms with E-state index in [0.717, 1.165) is 63.0 Å². The Balaban J connectivity index is 1.71. The molecule has 0 radical (unpaired) electrons. The average molecular weight is 374 g/mol. The van der Waals surface area contributed by atoms with E-state index in [2.05, 4.69) is 24.5 Å². The van der Waals surface area contributed by atoms with Crippen LogP contribution in [0, 0.1) is 5.92 Å². The number of carbonyl (C=O) groups is 2. The minimum absolute atomic E-state index is 0.151. The van der Waals surface area contributed by atoms with Crippen molar-refractivity contribution in [2.75, 3.05) is 25.0 Å². The van der Waals surface area contributed by atoms with Crippen molar-refractivity contribution >= 4 is 17.6 Å². The molecule has 1 aromatic rings. The molecule has 1 aromatic carbocycles. The Hall–Kier alpha value is -2.04. The fourth-order valence-corrected chi connectivity index (χ4v) is 3.49. The fraction of sp³-hybridized carbons (Fsp3) is 0.636. The second kappa shape index (κ2) is 11.6. The number of hydrogen-bond acceptors (Lipinski definition) is 2. The summed E-state index contributed by atoms with van der Waals surface area (Å²) < 4.78 is 0. The highest BCUT2D eigenvalue weighted by molar-refractivity contribution is 5.89. The van der Waals surface area contributed by atoms with Crippen LogP contribution in [0.4, 0.5) is 10.5 Å². The normalized spacial score (nSPS) is 14.8. The zero-order valence-corrected chi connectivity index (χ0v) is 16.9. The first-order valence-electron chi connectivity index (χ1n) is 10.5. The van der Waals surface area contributed by atoms with Gasteiger partial charge in [-0.2, -0.15) is 0 Å². The van der Waals surface area contributed by atoms with E-state index >= 15 is 0 Å². The SMILES string of the molecule is CCCCC(CC)CNC(=O)Nc1ccc(CCC(=O)N2CCCC2)cc1. The molecule has 0 aromatic heterocycles. The molecule has 2 rings (SSSR count). The Labute approximate surface area is 163 Å². The van der Waals surface area contributed by atoms with Crippen molar-refractivity contribution in [3.8, 4) is 0 Å². The van der Waals surface area contributed by atoms with Gasteiger partial charge in [-0.25, -0.2) is 4.79 Å². The summed E-state index contributed by atoms with van der Waals surface area (Å²) in [5.41, 5.74) is 1.91. The van der Waals surface area contributed by atoms with Gasteiger partial charge in [0.1, 0.15) is 0 Å². The third kappa shape index (κ3) is 7.61.